The normalized spacial score (nSPS) is 20.2. The van der Waals surface area contributed by atoms with Crippen molar-refractivity contribution < 1.29 is 32.3 Å². The number of halogens is 2. The number of benzene rings is 2. The van der Waals surface area contributed by atoms with Crippen LogP contribution in [0.5, 0.6) is 11.5 Å². The molecular formula is C29H26F2N2O5. The van der Waals surface area contributed by atoms with Crippen molar-refractivity contribution in [3.8, 4) is 35.0 Å². The van der Waals surface area contributed by atoms with E-state index < -0.39 is 41.7 Å². The number of fused-ring (bicyclic) bond motifs is 2. The van der Waals surface area contributed by atoms with Crippen molar-refractivity contribution in [2.45, 2.75) is 55.5 Å². The largest absolute Gasteiger partial charge is 0.486 e. The second kappa shape index (κ2) is 8.76. The molecule has 2 heterocycles. The number of terminal acetylenes is 1. The highest BCUT2D eigenvalue weighted by Gasteiger charge is 2.52. The van der Waals surface area contributed by atoms with Gasteiger partial charge in [-0.3, -0.25) is 9.59 Å². The highest BCUT2D eigenvalue weighted by molar-refractivity contribution is 6.01. The number of hydrogen-bond acceptors (Lipinski definition) is 5. The van der Waals surface area contributed by atoms with Crippen LogP contribution in [-0.4, -0.2) is 42.0 Å². The van der Waals surface area contributed by atoms with Crippen molar-refractivity contribution in [1.29, 1.82) is 0 Å². The zero-order valence-corrected chi connectivity index (χ0v) is 20.6. The SMILES string of the molecule is C#CC1(NC(=O)C2(NC(=O)c3cc4ccc(-c5ccc6c(c5)OCCO6)cc4o3)CCC(F)(F)CC2)CC1. The van der Waals surface area contributed by atoms with Gasteiger partial charge in [0, 0.05) is 18.2 Å². The van der Waals surface area contributed by atoms with Crippen LogP contribution in [0.2, 0.25) is 0 Å². The molecule has 0 radical (unpaired) electrons. The van der Waals surface area contributed by atoms with Crippen LogP contribution in [0.4, 0.5) is 8.78 Å². The van der Waals surface area contributed by atoms with E-state index in [0.717, 1.165) is 11.1 Å². The smallest absolute Gasteiger partial charge is 0.287 e. The lowest BCUT2D eigenvalue weighted by molar-refractivity contribution is -0.133. The molecule has 0 atom stereocenters. The molecule has 0 saturated heterocycles. The Balaban J connectivity index is 1.25. The fourth-order valence-corrected chi connectivity index (χ4v) is 5.04. The monoisotopic (exact) mass is 520 g/mol. The first-order chi connectivity index (χ1) is 18.2. The van der Waals surface area contributed by atoms with Crippen LogP contribution >= 0.6 is 0 Å². The number of amides is 2. The Kier molecular flexibility index (Phi) is 5.60. The molecule has 0 unspecified atom stereocenters. The number of hydrogen-bond donors (Lipinski definition) is 2. The molecule has 1 aliphatic heterocycles. The Hall–Kier alpha value is -4.06. The Morgan fingerprint density at radius 2 is 1.53 bits per heavy atom. The van der Waals surface area contributed by atoms with Gasteiger partial charge in [-0.15, -0.1) is 6.42 Å². The molecule has 3 aromatic rings. The van der Waals surface area contributed by atoms with Crippen LogP contribution in [-0.2, 0) is 4.79 Å². The minimum Gasteiger partial charge on any atom is -0.486 e. The molecule has 0 bridgehead atoms. The van der Waals surface area contributed by atoms with Gasteiger partial charge in [-0.2, -0.15) is 0 Å². The molecule has 2 aromatic carbocycles. The fourth-order valence-electron chi connectivity index (χ4n) is 5.04. The molecule has 0 spiro atoms. The number of carbonyl (C=O) groups is 2. The summed E-state index contributed by atoms with van der Waals surface area (Å²) in [4.78, 5) is 26.5. The molecule has 2 fully saturated rings. The van der Waals surface area contributed by atoms with Gasteiger partial charge in [-0.25, -0.2) is 8.78 Å². The maximum Gasteiger partial charge on any atom is 0.287 e. The third-order valence-electron chi connectivity index (χ3n) is 7.62. The first kappa shape index (κ1) is 24.3. The predicted octanol–water partition coefficient (Wildman–Crippen LogP) is 4.83. The molecule has 2 N–H and O–H groups in total. The van der Waals surface area contributed by atoms with E-state index in [1.165, 1.54) is 0 Å². The minimum atomic E-state index is -2.89. The fraction of sp³-hybridized carbons (Fsp3) is 0.379. The van der Waals surface area contributed by atoms with E-state index in [9.17, 15) is 18.4 Å². The molecule has 6 rings (SSSR count). The predicted molar refractivity (Wildman–Crippen MR) is 135 cm³/mol. The van der Waals surface area contributed by atoms with Crippen LogP contribution in [0, 0.1) is 12.3 Å². The summed E-state index contributed by atoms with van der Waals surface area (Å²) in [6.07, 6.45) is 5.36. The summed E-state index contributed by atoms with van der Waals surface area (Å²) in [5.41, 5.74) is -0.0516. The summed E-state index contributed by atoms with van der Waals surface area (Å²) in [5.74, 6) is -0.164. The Labute approximate surface area is 217 Å². The molecule has 1 aromatic heterocycles. The summed E-state index contributed by atoms with van der Waals surface area (Å²) < 4.78 is 45.1. The van der Waals surface area contributed by atoms with Crippen LogP contribution in [0.3, 0.4) is 0 Å². The summed E-state index contributed by atoms with van der Waals surface area (Å²) in [5, 5.41) is 6.22. The quantitative estimate of drug-likeness (QED) is 0.471. The summed E-state index contributed by atoms with van der Waals surface area (Å²) in [6, 6.07) is 12.8. The average Bonchev–Trinajstić information content (AvgIpc) is 3.56. The Bertz CT molecular complexity index is 1470. The average molecular weight is 521 g/mol. The maximum atomic E-state index is 14.0. The standard InChI is InChI=1S/C29H26F2N2O5/c1-2-27(7-8-27)33-26(35)28(9-11-29(30,31)12-10-28)32-25(34)24-17-20-4-3-18(15-22(20)38-24)19-5-6-21-23(16-19)37-14-13-36-21/h1,3-6,15-17H,7-14H2,(H,32,34)(H,33,35). The maximum absolute atomic E-state index is 14.0. The molecule has 9 heteroatoms. The molecule has 3 aliphatic rings. The van der Waals surface area contributed by atoms with E-state index in [4.69, 9.17) is 20.3 Å². The van der Waals surface area contributed by atoms with Gasteiger partial charge < -0.3 is 24.5 Å². The number of nitrogens with one attached hydrogen (secondary N) is 2. The lowest BCUT2D eigenvalue weighted by Gasteiger charge is -2.39. The molecule has 196 valence electrons. The summed E-state index contributed by atoms with van der Waals surface area (Å²) in [6.45, 7) is 0.985. The van der Waals surface area contributed by atoms with Crippen molar-refractivity contribution in [2.24, 2.45) is 0 Å². The van der Waals surface area contributed by atoms with Crippen molar-refractivity contribution in [2.75, 3.05) is 13.2 Å². The van der Waals surface area contributed by atoms with Gasteiger partial charge in [-0.05, 0) is 61.1 Å². The third kappa shape index (κ3) is 4.44. The van der Waals surface area contributed by atoms with Gasteiger partial charge in [0.25, 0.3) is 5.91 Å². The van der Waals surface area contributed by atoms with Crippen molar-refractivity contribution in [3.63, 3.8) is 0 Å². The Morgan fingerprint density at radius 3 is 2.24 bits per heavy atom. The highest BCUT2D eigenvalue weighted by Crippen LogP contribution is 2.41. The van der Waals surface area contributed by atoms with Gasteiger partial charge in [0.15, 0.2) is 17.3 Å². The van der Waals surface area contributed by atoms with E-state index in [0.29, 0.717) is 48.5 Å². The summed E-state index contributed by atoms with van der Waals surface area (Å²) in [7, 11) is 0. The van der Waals surface area contributed by atoms with E-state index in [1.807, 2.05) is 36.4 Å². The van der Waals surface area contributed by atoms with E-state index in [1.54, 1.807) is 6.07 Å². The third-order valence-corrected chi connectivity index (χ3v) is 7.62. The van der Waals surface area contributed by atoms with Crippen LogP contribution in [0.1, 0.15) is 49.1 Å². The van der Waals surface area contributed by atoms with Gasteiger partial charge in [0.1, 0.15) is 29.9 Å². The second-order valence-corrected chi connectivity index (χ2v) is 10.3. The molecule has 7 nitrogen and oxygen atoms in total. The van der Waals surface area contributed by atoms with E-state index in [2.05, 4.69) is 16.6 Å². The van der Waals surface area contributed by atoms with Crippen molar-refractivity contribution in [1.82, 2.24) is 10.6 Å². The second-order valence-electron chi connectivity index (χ2n) is 10.3. The lowest BCUT2D eigenvalue weighted by Crippen LogP contribution is -2.62. The van der Waals surface area contributed by atoms with Gasteiger partial charge in [-0.1, -0.05) is 24.1 Å². The van der Waals surface area contributed by atoms with Gasteiger partial charge in [0.2, 0.25) is 11.8 Å². The van der Waals surface area contributed by atoms with E-state index >= 15 is 0 Å². The lowest BCUT2D eigenvalue weighted by atomic mass is 9.78. The molecule has 38 heavy (non-hydrogen) atoms. The number of ether oxygens (including phenoxy) is 2. The highest BCUT2D eigenvalue weighted by atomic mass is 19.3. The molecule has 2 amide bonds. The number of carbonyl (C=O) groups excluding carboxylic acids is 2. The van der Waals surface area contributed by atoms with E-state index in [-0.39, 0.29) is 18.6 Å². The van der Waals surface area contributed by atoms with Crippen LogP contribution < -0.4 is 20.1 Å². The van der Waals surface area contributed by atoms with Crippen molar-refractivity contribution in [3.05, 3.63) is 48.2 Å². The first-order valence-electron chi connectivity index (χ1n) is 12.6. The van der Waals surface area contributed by atoms with Crippen LogP contribution in [0.25, 0.3) is 22.1 Å². The Morgan fingerprint density at radius 1 is 0.842 bits per heavy atom. The first-order valence-corrected chi connectivity index (χ1v) is 12.6. The number of rotatable bonds is 5. The zero-order valence-electron chi connectivity index (χ0n) is 20.6. The van der Waals surface area contributed by atoms with Crippen molar-refractivity contribution >= 4 is 22.8 Å². The number of alkyl halides is 2. The zero-order chi connectivity index (χ0) is 26.5. The molecule has 2 aliphatic carbocycles. The number of furan rings is 1. The van der Waals surface area contributed by atoms with Gasteiger partial charge in [0.05, 0.1) is 0 Å². The molecular weight excluding hydrogens is 494 g/mol. The van der Waals surface area contributed by atoms with Gasteiger partial charge >= 0.3 is 0 Å². The topological polar surface area (TPSA) is 89.8 Å². The summed E-state index contributed by atoms with van der Waals surface area (Å²) >= 11 is 0. The van der Waals surface area contributed by atoms with Crippen LogP contribution in [0.15, 0.2) is 46.9 Å². The molecule has 2 saturated carbocycles. The minimum absolute atomic E-state index is 0.0121.